The van der Waals surface area contributed by atoms with E-state index in [1.165, 1.54) is 5.56 Å². The SMILES string of the molecule is Cc1ccc(-c2cc(C(=O)Nc3c(C)nn(Cc4ccccc4)c3C)[nH]n2)cc1. The van der Waals surface area contributed by atoms with Crippen molar-refractivity contribution in [3.8, 4) is 11.3 Å². The molecule has 0 radical (unpaired) electrons. The molecule has 0 saturated heterocycles. The molecule has 0 aliphatic rings. The quantitative estimate of drug-likeness (QED) is 0.531. The molecule has 0 bridgehead atoms. The summed E-state index contributed by atoms with van der Waals surface area (Å²) in [6.45, 7) is 6.55. The van der Waals surface area contributed by atoms with Crippen LogP contribution in [0.4, 0.5) is 5.69 Å². The van der Waals surface area contributed by atoms with Gasteiger partial charge < -0.3 is 5.32 Å². The number of carbonyl (C=O) groups is 1. The molecule has 0 aliphatic carbocycles. The first kappa shape index (κ1) is 18.7. The van der Waals surface area contributed by atoms with Crippen molar-refractivity contribution in [2.75, 3.05) is 5.32 Å². The van der Waals surface area contributed by atoms with Gasteiger partial charge >= 0.3 is 0 Å². The fourth-order valence-electron chi connectivity index (χ4n) is 3.28. The molecular weight excluding hydrogens is 362 g/mol. The minimum atomic E-state index is -0.235. The number of nitrogens with one attached hydrogen (secondary N) is 2. The number of carbonyl (C=O) groups excluding carboxylic acids is 1. The number of hydrogen-bond acceptors (Lipinski definition) is 3. The molecule has 6 nitrogen and oxygen atoms in total. The van der Waals surface area contributed by atoms with Crippen molar-refractivity contribution in [3.05, 3.63) is 88.9 Å². The van der Waals surface area contributed by atoms with Crippen molar-refractivity contribution in [1.82, 2.24) is 20.0 Å². The van der Waals surface area contributed by atoms with E-state index < -0.39 is 0 Å². The molecule has 2 aromatic carbocycles. The largest absolute Gasteiger partial charge is 0.318 e. The third-order valence-corrected chi connectivity index (χ3v) is 4.97. The monoisotopic (exact) mass is 385 g/mol. The number of H-pyrrole nitrogens is 1. The number of aryl methyl sites for hydroxylation is 2. The van der Waals surface area contributed by atoms with Gasteiger partial charge in [-0.1, -0.05) is 60.2 Å². The topological polar surface area (TPSA) is 75.6 Å². The molecule has 4 rings (SSSR count). The Morgan fingerprint density at radius 2 is 1.76 bits per heavy atom. The Balaban J connectivity index is 1.52. The highest BCUT2D eigenvalue weighted by atomic mass is 16.2. The van der Waals surface area contributed by atoms with Gasteiger partial charge in [0.2, 0.25) is 0 Å². The Hall–Kier alpha value is -3.67. The number of hydrogen-bond donors (Lipinski definition) is 2. The third kappa shape index (κ3) is 3.96. The lowest BCUT2D eigenvalue weighted by atomic mass is 10.1. The molecule has 146 valence electrons. The summed E-state index contributed by atoms with van der Waals surface area (Å²) >= 11 is 0. The summed E-state index contributed by atoms with van der Waals surface area (Å²) in [6, 6.07) is 19.9. The number of amides is 1. The van der Waals surface area contributed by atoms with Gasteiger partial charge in [-0.15, -0.1) is 0 Å². The minimum Gasteiger partial charge on any atom is -0.318 e. The molecule has 0 unspecified atom stereocenters. The molecule has 0 atom stereocenters. The van der Waals surface area contributed by atoms with E-state index in [9.17, 15) is 4.79 Å². The van der Waals surface area contributed by atoms with Crippen LogP contribution in [0.3, 0.4) is 0 Å². The lowest BCUT2D eigenvalue weighted by Crippen LogP contribution is -2.14. The molecule has 29 heavy (non-hydrogen) atoms. The molecule has 0 aliphatic heterocycles. The Morgan fingerprint density at radius 3 is 2.48 bits per heavy atom. The Morgan fingerprint density at radius 1 is 1.03 bits per heavy atom. The van der Waals surface area contributed by atoms with Crippen LogP contribution in [0.15, 0.2) is 60.7 Å². The van der Waals surface area contributed by atoms with Crippen molar-refractivity contribution in [3.63, 3.8) is 0 Å². The Kier molecular flexibility index (Phi) is 4.99. The van der Waals surface area contributed by atoms with Crippen LogP contribution in [0.1, 0.15) is 33.0 Å². The average molecular weight is 385 g/mol. The summed E-state index contributed by atoms with van der Waals surface area (Å²) < 4.78 is 1.91. The van der Waals surface area contributed by atoms with Crippen molar-refractivity contribution in [2.45, 2.75) is 27.3 Å². The van der Waals surface area contributed by atoms with E-state index in [-0.39, 0.29) is 5.91 Å². The van der Waals surface area contributed by atoms with Crippen LogP contribution in [0.5, 0.6) is 0 Å². The molecule has 1 amide bonds. The van der Waals surface area contributed by atoms with Gasteiger partial charge in [-0.05, 0) is 32.4 Å². The lowest BCUT2D eigenvalue weighted by Gasteiger charge is -2.06. The maximum Gasteiger partial charge on any atom is 0.273 e. The van der Waals surface area contributed by atoms with Gasteiger partial charge in [0.1, 0.15) is 5.69 Å². The van der Waals surface area contributed by atoms with Gasteiger partial charge in [0.25, 0.3) is 5.91 Å². The Labute approximate surface area is 169 Å². The fraction of sp³-hybridized carbons (Fsp3) is 0.174. The lowest BCUT2D eigenvalue weighted by molar-refractivity contribution is 0.102. The predicted molar refractivity (Wildman–Crippen MR) is 114 cm³/mol. The number of aromatic nitrogens is 4. The second-order valence-corrected chi connectivity index (χ2v) is 7.18. The zero-order chi connectivity index (χ0) is 20.4. The van der Waals surface area contributed by atoms with Crippen molar-refractivity contribution < 1.29 is 4.79 Å². The van der Waals surface area contributed by atoms with Crippen molar-refractivity contribution in [1.29, 1.82) is 0 Å². The van der Waals surface area contributed by atoms with E-state index in [0.717, 1.165) is 33.9 Å². The van der Waals surface area contributed by atoms with E-state index in [1.807, 2.05) is 67.9 Å². The van der Waals surface area contributed by atoms with Crippen LogP contribution in [-0.4, -0.2) is 25.9 Å². The summed E-state index contributed by atoms with van der Waals surface area (Å²) in [5.74, 6) is -0.235. The van der Waals surface area contributed by atoms with Crippen molar-refractivity contribution >= 4 is 11.6 Å². The molecule has 2 aromatic heterocycles. The van der Waals surface area contributed by atoms with Gasteiger partial charge in [0, 0.05) is 5.56 Å². The van der Waals surface area contributed by atoms with Gasteiger partial charge in [-0.3, -0.25) is 14.6 Å². The van der Waals surface area contributed by atoms with E-state index in [0.29, 0.717) is 12.2 Å². The van der Waals surface area contributed by atoms with Gasteiger partial charge in [0.05, 0.1) is 29.3 Å². The van der Waals surface area contributed by atoms with Gasteiger partial charge in [-0.2, -0.15) is 10.2 Å². The predicted octanol–water partition coefficient (Wildman–Crippen LogP) is 4.50. The van der Waals surface area contributed by atoms with E-state index >= 15 is 0 Å². The average Bonchev–Trinajstić information content (AvgIpc) is 3.31. The highest BCUT2D eigenvalue weighted by Gasteiger charge is 2.17. The Bertz CT molecular complexity index is 1140. The first-order valence-electron chi connectivity index (χ1n) is 9.53. The summed E-state index contributed by atoms with van der Waals surface area (Å²) in [7, 11) is 0. The van der Waals surface area contributed by atoms with Crippen LogP contribution in [-0.2, 0) is 6.54 Å². The molecule has 0 fully saturated rings. The minimum absolute atomic E-state index is 0.235. The number of anilines is 1. The standard InChI is InChI=1S/C23H23N5O/c1-15-9-11-19(12-10-15)20-13-21(26-25-20)23(29)24-22-16(2)27-28(17(22)3)14-18-7-5-4-6-8-18/h4-13H,14H2,1-3H3,(H,24,29)(H,25,26). The van der Waals surface area contributed by atoms with Crippen LogP contribution in [0, 0.1) is 20.8 Å². The molecule has 0 spiro atoms. The van der Waals surface area contributed by atoms with Crippen LogP contribution in [0.25, 0.3) is 11.3 Å². The summed E-state index contributed by atoms with van der Waals surface area (Å²) in [6.07, 6.45) is 0. The summed E-state index contributed by atoms with van der Waals surface area (Å²) in [5.41, 5.74) is 6.89. The van der Waals surface area contributed by atoms with Crippen molar-refractivity contribution in [2.24, 2.45) is 0 Å². The second kappa shape index (κ2) is 7.75. The fourth-order valence-corrected chi connectivity index (χ4v) is 3.28. The molecule has 0 saturated carbocycles. The van der Waals surface area contributed by atoms with Crippen LogP contribution >= 0.6 is 0 Å². The maximum absolute atomic E-state index is 12.8. The van der Waals surface area contributed by atoms with Crippen LogP contribution < -0.4 is 5.32 Å². The normalized spacial score (nSPS) is 10.9. The first-order chi connectivity index (χ1) is 14.0. The third-order valence-electron chi connectivity index (χ3n) is 4.97. The summed E-state index contributed by atoms with van der Waals surface area (Å²) in [4.78, 5) is 12.8. The summed E-state index contributed by atoms with van der Waals surface area (Å²) in [5, 5.41) is 14.7. The molecule has 2 N–H and O–H groups in total. The van der Waals surface area contributed by atoms with E-state index in [4.69, 9.17) is 0 Å². The highest BCUT2D eigenvalue weighted by molar-refractivity contribution is 6.04. The van der Waals surface area contributed by atoms with Gasteiger partial charge in [-0.25, -0.2) is 0 Å². The number of rotatable bonds is 5. The molecular formula is C23H23N5O. The molecule has 6 heteroatoms. The highest BCUT2D eigenvalue weighted by Crippen LogP contribution is 2.22. The molecule has 4 aromatic rings. The van der Waals surface area contributed by atoms with Crippen LogP contribution in [0.2, 0.25) is 0 Å². The smallest absolute Gasteiger partial charge is 0.273 e. The second-order valence-electron chi connectivity index (χ2n) is 7.18. The first-order valence-corrected chi connectivity index (χ1v) is 9.53. The van der Waals surface area contributed by atoms with Gasteiger partial charge in [0.15, 0.2) is 0 Å². The zero-order valence-corrected chi connectivity index (χ0v) is 16.7. The number of benzene rings is 2. The van der Waals surface area contributed by atoms with E-state index in [1.54, 1.807) is 6.07 Å². The molecule has 2 heterocycles. The maximum atomic E-state index is 12.8. The number of aromatic amines is 1. The zero-order valence-electron chi connectivity index (χ0n) is 16.7. The number of nitrogens with zero attached hydrogens (tertiary/aromatic N) is 3. The van der Waals surface area contributed by atoms with E-state index in [2.05, 4.69) is 32.7 Å².